The number of aromatic nitrogens is 4. The molecule has 4 rings (SSSR count). The van der Waals surface area contributed by atoms with Crippen molar-refractivity contribution >= 4 is 17.5 Å². The Bertz CT molecular complexity index is 1070. The molecule has 1 fully saturated rings. The van der Waals surface area contributed by atoms with Gasteiger partial charge < -0.3 is 15.0 Å². The van der Waals surface area contributed by atoms with Gasteiger partial charge in [0.15, 0.2) is 0 Å². The number of hydrogen-bond acceptors (Lipinski definition) is 6. The molecule has 0 aliphatic carbocycles. The molecule has 3 aromatic rings. The van der Waals surface area contributed by atoms with Gasteiger partial charge in [-0.2, -0.15) is 0 Å². The number of rotatable bonds is 8. The van der Waals surface area contributed by atoms with E-state index in [-0.39, 0.29) is 24.3 Å². The summed E-state index contributed by atoms with van der Waals surface area (Å²) in [7, 11) is 1.61. The molecule has 1 aliphatic rings. The molecule has 32 heavy (non-hydrogen) atoms. The zero-order chi connectivity index (χ0) is 22.5. The Balaban J connectivity index is 1.59. The van der Waals surface area contributed by atoms with Crippen molar-refractivity contribution in [1.29, 1.82) is 0 Å². The Morgan fingerprint density at radius 2 is 2.03 bits per heavy atom. The predicted molar refractivity (Wildman–Crippen MR) is 118 cm³/mol. The predicted octanol–water partition coefficient (Wildman–Crippen LogP) is 3.00. The number of anilines is 1. The number of unbranched alkanes of at least 4 members (excludes halogenated alkanes) is 1. The van der Waals surface area contributed by atoms with Gasteiger partial charge in [0.2, 0.25) is 11.8 Å². The van der Waals surface area contributed by atoms with E-state index in [1.807, 2.05) is 41.3 Å². The van der Waals surface area contributed by atoms with Crippen LogP contribution >= 0.6 is 0 Å². The van der Waals surface area contributed by atoms with E-state index in [0.29, 0.717) is 12.2 Å². The Morgan fingerprint density at radius 3 is 2.72 bits per heavy atom. The van der Waals surface area contributed by atoms with Gasteiger partial charge in [-0.25, -0.2) is 4.68 Å². The number of nitrogens with zero attached hydrogens (tertiary/aromatic N) is 5. The third kappa shape index (κ3) is 4.46. The Labute approximate surface area is 186 Å². The van der Waals surface area contributed by atoms with Crippen LogP contribution in [0, 0.1) is 5.92 Å². The lowest BCUT2D eigenvalue weighted by Crippen LogP contribution is -2.33. The monoisotopic (exact) mass is 434 g/mol. The molecule has 9 nitrogen and oxygen atoms in total. The number of nitrogens with one attached hydrogen (secondary N) is 1. The highest BCUT2D eigenvalue weighted by Gasteiger charge is 2.44. The third-order valence-corrected chi connectivity index (χ3v) is 5.71. The normalized spacial score (nSPS) is 18.1. The molecular weight excluding hydrogens is 408 g/mol. The maximum atomic E-state index is 13.3. The molecule has 0 unspecified atom stereocenters. The van der Waals surface area contributed by atoms with Gasteiger partial charge in [-0.15, -0.1) is 5.10 Å². The van der Waals surface area contributed by atoms with Crippen LogP contribution in [0.4, 0.5) is 5.69 Å². The van der Waals surface area contributed by atoms with E-state index in [9.17, 15) is 9.59 Å². The van der Waals surface area contributed by atoms with Crippen molar-refractivity contribution in [2.75, 3.05) is 19.0 Å². The fourth-order valence-corrected chi connectivity index (χ4v) is 4.07. The zero-order valence-electron chi connectivity index (χ0n) is 18.1. The minimum Gasteiger partial charge on any atom is -0.497 e. The lowest BCUT2D eigenvalue weighted by Gasteiger charge is -2.28. The molecule has 2 atom stereocenters. The Hall–Kier alpha value is -3.75. The fraction of sp³-hybridized carbons (Fsp3) is 0.348. The highest BCUT2D eigenvalue weighted by molar-refractivity contribution is 5.98. The van der Waals surface area contributed by atoms with E-state index < -0.39 is 5.92 Å². The number of likely N-dealkylation sites (tertiary alicyclic amines) is 1. The van der Waals surface area contributed by atoms with Gasteiger partial charge in [-0.1, -0.05) is 31.5 Å². The number of carbonyl (C=O) groups excluding carboxylic acids is 2. The van der Waals surface area contributed by atoms with Crippen molar-refractivity contribution in [3.8, 4) is 11.4 Å². The van der Waals surface area contributed by atoms with Gasteiger partial charge in [0, 0.05) is 18.7 Å². The van der Waals surface area contributed by atoms with Crippen LogP contribution in [0.1, 0.15) is 37.8 Å². The maximum Gasteiger partial charge on any atom is 0.230 e. The van der Waals surface area contributed by atoms with Crippen LogP contribution in [0.25, 0.3) is 5.69 Å². The fourth-order valence-electron chi connectivity index (χ4n) is 4.07. The first kappa shape index (κ1) is 21.5. The van der Waals surface area contributed by atoms with E-state index in [2.05, 4.69) is 27.8 Å². The first-order valence-corrected chi connectivity index (χ1v) is 10.7. The van der Waals surface area contributed by atoms with Crippen LogP contribution in [0.15, 0.2) is 54.9 Å². The minimum absolute atomic E-state index is 0.00172. The number of tetrazole rings is 1. The van der Waals surface area contributed by atoms with Crippen LogP contribution in [-0.2, 0) is 9.59 Å². The average molecular weight is 435 g/mol. The molecule has 0 bridgehead atoms. The molecule has 0 saturated carbocycles. The molecule has 2 amide bonds. The first-order valence-electron chi connectivity index (χ1n) is 10.7. The molecule has 9 heteroatoms. The maximum absolute atomic E-state index is 13.3. The summed E-state index contributed by atoms with van der Waals surface area (Å²) in [6.45, 7) is 2.72. The number of hydrogen-bond donors (Lipinski definition) is 1. The summed E-state index contributed by atoms with van der Waals surface area (Å²) in [6, 6.07) is 14.5. The van der Waals surface area contributed by atoms with Crippen molar-refractivity contribution in [2.24, 2.45) is 5.92 Å². The molecule has 0 spiro atoms. The van der Waals surface area contributed by atoms with Gasteiger partial charge >= 0.3 is 0 Å². The molecule has 166 valence electrons. The zero-order valence-corrected chi connectivity index (χ0v) is 18.1. The second kappa shape index (κ2) is 9.59. The van der Waals surface area contributed by atoms with Crippen LogP contribution in [-0.4, -0.2) is 50.6 Å². The average Bonchev–Trinajstić information content (AvgIpc) is 3.46. The largest absolute Gasteiger partial charge is 0.497 e. The van der Waals surface area contributed by atoms with E-state index in [0.717, 1.165) is 29.8 Å². The van der Waals surface area contributed by atoms with Gasteiger partial charge in [0.1, 0.15) is 12.1 Å². The number of benzene rings is 2. The smallest absolute Gasteiger partial charge is 0.230 e. The van der Waals surface area contributed by atoms with Gasteiger partial charge in [-0.05, 0) is 52.7 Å². The highest BCUT2D eigenvalue weighted by Crippen LogP contribution is 2.39. The van der Waals surface area contributed by atoms with Crippen molar-refractivity contribution in [1.82, 2.24) is 25.1 Å². The number of amides is 2. The van der Waals surface area contributed by atoms with Crippen LogP contribution in [0.5, 0.6) is 5.75 Å². The van der Waals surface area contributed by atoms with Crippen molar-refractivity contribution < 1.29 is 14.3 Å². The lowest BCUT2D eigenvalue weighted by atomic mass is 9.92. The summed E-state index contributed by atoms with van der Waals surface area (Å²) in [5.74, 6) is 0.0527. The SMILES string of the molecule is CCCCN1C(=O)C[C@@H](C(=O)Nc2cccc(-n3cnnn3)c2)[C@H]1c1ccc(OC)cc1. The number of methoxy groups -OCH3 is 1. The standard InChI is InChI=1S/C23H26N6O3/c1-3-4-12-28-21(30)14-20(22(28)16-8-10-19(32-2)11-9-16)23(31)25-17-6-5-7-18(13-17)29-15-24-26-27-29/h5-11,13,15,20,22H,3-4,12,14H2,1-2H3,(H,25,31)/t20-,22-/m1/s1. The van der Waals surface area contributed by atoms with Crippen molar-refractivity contribution in [3.05, 3.63) is 60.4 Å². The quantitative estimate of drug-likeness (QED) is 0.585. The molecule has 1 N–H and O–H groups in total. The van der Waals surface area contributed by atoms with E-state index >= 15 is 0 Å². The summed E-state index contributed by atoms with van der Waals surface area (Å²) in [5.41, 5.74) is 2.28. The number of ether oxygens (including phenoxy) is 1. The topological polar surface area (TPSA) is 102 Å². The Kier molecular flexibility index (Phi) is 6.44. The van der Waals surface area contributed by atoms with Crippen LogP contribution in [0.3, 0.4) is 0 Å². The van der Waals surface area contributed by atoms with Crippen LogP contribution < -0.4 is 10.1 Å². The van der Waals surface area contributed by atoms with E-state index in [1.165, 1.54) is 11.0 Å². The van der Waals surface area contributed by atoms with Gasteiger partial charge in [0.05, 0.1) is 24.8 Å². The van der Waals surface area contributed by atoms with Crippen molar-refractivity contribution in [3.63, 3.8) is 0 Å². The molecule has 0 radical (unpaired) electrons. The first-order chi connectivity index (χ1) is 15.6. The molecular formula is C23H26N6O3. The second-order valence-corrected chi connectivity index (χ2v) is 7.76. The number of carbonyl (C=O) groups is 2. The second-order valence-electron chi connectivity index (χ2n) is 7.76. The molecule has 1 aromatic heterocycles. The van der Waals surface area contributed by atoms with E-state index in [4.69, 9.17) is 4.74 Å². The van der Waals surface area contributed by atoms with Crippen LogP contribution in [0.2, 0.25) is 0 Å². The van der Waals surface area contributed by atoms with Crippen molar-refractivity contribution in [2.45, 2.75) is 32.2 Å². The lowest BCUT2D eigenvalue weighted by molar-refractivity contribution is -0.129. The Morgan fingerprint density at radius 1 is 1.22 bits per heavy atom. The minimum atomic E-state index is -0.496. The third-order valence-electron chi connectivity index (χ3n) is 5.71. The summed E-state index contributed by atoms with van der Waals surface area (Å²) >= 11 is 0. The van der Waals surface area contributed by atoms with E-state index in [1.54, 1.807) is 19.2 Å². The highest BCUT2D eigenvalue weighted by atomic mass is 16.5. The van der Waals surface area contributed by atoms with Gasteiger partial charge in [-0.3, -0.25) is 9.59 Å². The molecule has 1 saturated heterocycles. The molecule has 2 aromatic carbocycles. The summed E-state index contributed by atoms with van der Waals surface area (Å²) in [4.78, 5) is 28.0. The summed E-state index contributed by atoms with van der Waals surface area (Å²) in [5, 5.41) is 14.1. The molecule has 1 aliphatic heterocycles. The summed E-state index contributed by atoms with van der Waals surface area (Å²) in [6.07, 6.45) is 3.53. The molecule has 2 heterocycles. The summed E-state index contributed by atoms with van der Waals surface area (Å²) < 4.78 is 6.78. The van der Waals surface area contributed by atoms with Gasteiger partial charge in [0.25, 0.3) is 0 Å².